The molecule has 1 aliphatic heterocycles. The number of aliphatic hydroxyl groups is 1. The molecule has 1 fully saturated rings. The summed E-state index contributed by atoms with van der Waals surface area (Å²) in [6, 6.07) is 3.34. The van der Waals surface area contributed by atoms with E-state index in [1.54, 1.807) is 0 Å². The maximum atomic E-state index is 13.1. The van der Waals surface area contributed by atoms with E-state index in [2.05, 4.69) is 4.90 Å². The smallest absolute Gasteiger partial charge is 0.164 e. The summed E-state index contributed by atoms with van der Waals surface area (Å²) in [4.78, 5) is 14.3. The molecule has 3 nitrogen and oxygen atoms in total. The Bertz CT molecular complexity index is 473. The normalized spacial score (nSPS) is 19.1. The van der Waals surface area contributed by atoms with Crippen LogP contribution in [-0.2, 0) is 0 Å². The first kappa shape index (κ1) is 16.0. The van der Waals surface area contributed by atoms with Crippen molar-refractivity contribution < 1.29 is 18.7 Å². The number of halogens is 2. The number of nitrogens with zero attached hydrogens (tertiary/aromatic N) is 1. The third-order valence-electron chi connectivity index (χ3n) is 4.01. The van der Waals surface area contributed by atoms with Gasteiger partial charge in [-0.1, -0.05) is 0 Å². The number of hydrogen-bond acceptors (Lipinski definition) is 3. The van der Waals surface area contributed by atoms with Gasteiger partial charge in [0.2, 0.25) is 0 Å². The average molecular weight is 297 g/mol. The SMILES string of the molecule is O=C(CCN1CCCC1CCCO)c1cc(F)cc(F)c1. The van der Waals surface area contributed by atoms with Crippen LogP contribution in [0.3, 0.4) is 0 Å². The summed E-state index contributed by atoms with van der Waals surface area (Å²) in [6.07, 6.45) is 4.14. The van der Waals surface area contributed by atoms with Crippen molar-refractivity contribution in [2.24, 2.45) is 0 Å². The fourth-order valence-corrected chi connectivity index (χ4v) is 2.95. The minimum atomic E-state index is -0.722. The van der Waals surface area contributed by atoms with Crippen LogP contribution in [0.4, 0.5) is 8.78 Å². The number of Topliss-reactive ketones (excluding diaryl/α,β-unsaturated/α-hetero) is 1. The van der Waals surface area contributed by atoms with Crippen molar-refractivity contribution >= 4 is 5.78 Å². The molecule has 1 aliphatic rings. The van der Waals surface area contributed by atoms with Gasteiger partial charge in [-0.25, -0.2) is 8.78 Å². The first-order valence-electron chi connectivity index (χ1n) is 7.44. The minimum Gasteiger partial charge on any atom is -0.396 e. The van der Waals surface area contributed by atoms with Gasteiger partial charge in [-0.15, -0.1) is 0 Å². The molecule has 1 unspecified atom stereocenters. The van der Waals surface area contributed by atoms with Gasteiger partial charge in [-0.2, -0.15) is 0 Å². The standard InChI is InChI=1S/C16H21F2NO2/c17-13-9-12(10-14(18)11-13)16(21)5-7-19-6-1-3-15(19)4-2-8-20/h9-11,15,20H,1-8H2. The Kier molecular flexibility index (Phi) is 5.82. The second-order valence-electron chi connectivity index (χ2n) is 5.53. The maximum absolute atomic E-state index is 13.1. The van der Waals surface area contributed by atoms with Crippen LogP contribution in [0.5, 0.6) is 0 Å². The van der Waals surface area contributed by atoms with Crippen LogP contribution in [-0.4, -0.2) is 41.5 Å². The molecule has 1 heterocycles. The molecule has 1 N–H and O–H groups in total. The molecule has 1 aromatic carbocycles. The number of carbonyl (C=O) groups excluding carboxylic acids is 1. The zero-order valence-corrected chi connectivity index (χ0v) is 12.0. The molecule has 1 aromatic rings. The van der Waals surface area contributed by atoms with Crippen molar-refractivity contribution in [3.63, 3.8) is 0 Å². The highest BCUT2D eigenvalue weighted by Gasteiger charge is 2.24. The molecule has 5 heteroatoms. The highest BCUT2D eigenvalue weighted by Crippen LogP contribution is 2.22. The number of hydrogen-bond donors (Lipinski definition) is 1. The number of aliphatic hydroxyl groups excluding tert-OH is 1. The zero-order valence-electron chi connectivity index (χ0n) is 12.0. The van der Waals surface area contributed by atoms with E-state index in [9.17, 15) is 13.6 Å². The quantitative estimate of drug-likeness (QED) is 0.787. The molecule has 0 spiro atoms. The monoisotopic (exact) mass is 297 g/mol. The molecule has 0 bridgehead atoms. The van der Waals surface area contributed by atoms with E-state index < -0.39 is 11.6 Å². The van der Waals surface area contributed by atoms with E-state index in [4.69, 9.17) is 5.11 Å². The Balaban J connectivity index is 1.88. The van der Waals surface area contributed by atoms with Crippen molar-refractivity contribution in [1.82, 2.24) is 4.90 Å². The van der Waals surface area contributed by atoms with Crippen molar-refractivity contribution in [2.75, 3.05) is 19.7 Å². The van der Waals surface area contributed by atoms with E-state index in [1.807, 2.05) is 0 Å². The lowest BCUT2D eigenvalue weighted by molar-refractivity contribution is 0.0957. The topological polar surface area (TPSA) is 40.5 Å². The Morgan fingerprint density at radius 3 is 2.67 bits per heavy atom. The summed E-state index contributed by atoms with van der Waals surface area (Å²) in [6.45, 7) is 1.74. The van der Waals surface area contributed by atoms with E-state index in [0.717, 1.165) is 50.4 Å². The van der Waals surface area contributed by atoms with Gasteiger partial charge < -0.3 is 5.11 Å². The van der Waals surface area contributed by atoms with E-state index in [-0.39, 0.29) is 24.4 Å². The number of rotatable bonds is 7. The van der Waals surface area contributed by atoms with Gasteiger partial charge in [0.1, 0.15) is 11.6 Å². The molecule has 2 rings (SSSR count). The minimum absolute atomic E-state index is 0.0959. The molecule has 21 heavy (non-hydrogen) atoms. The molecule has 0 amide bonds. The molecule has 1 saturated heterocycles. The zero-order chi connectivity index (χ0) is 15.2. The van der Waals surface area contributed by atoms with Gasteiger partial charge in [0.25, 0.3) is 0 Å². The Hall–Kier alpha value is -1.33. The van der Waals surface area contributed by atoms with Crippen LogP contribution in [0.25, 0.3) is 0 Å². The van der Waals surface area contributed by atoms with E-state index >= 15 is 0 Å². The molecule has 0 aliphatic carbocycles. The fraction of sp³-hybridized carbons (Fsp3) is 0.562. The molecule has 116 valence electrons. The predicted octanol–water partition coefficient (Wildman–Crippen LogP) is 2.77. The second-order valence-corrected chi connectivity index (χ2v) is 5.53. The first-order chi connectivity index (χ1) is 10.1. The molecular weight excluding hydrogens is 276 g/mol. The Morgan fingerprint density at radius 2 is 2.00 bits per heavy atom. The molecular formula is C16H21F2NO2. The van der Waals surface area contributed by atoms with Gasteiger partial charge in [-0.3, -0.25) is 9.69 Å². The lowest BCUT2D eigenvalue weighted by Crippen LogP contribution is -2.31. The molecule has 1 atom stereocenters. The van der Waals surface area contributed by atoms with Crippen molar-refractivity contribution in [3.05, 3.63) is 35.4 Å². The number of benzene rings is 1. The highest BCUT2D eigenvalue weighted by atomic mass is 19.1. The van der Waals surface area contributed by atoms with Crippen LogP contribution < -0.4 is 0 Å². The third kappa shape index (κ3) is 4.58. The van der Waals surface area contributed by atoms with Crippen LogP contribution in [0.2, 0.25) is 0 Å². The Labute approximate surface area is 123 Å². The van der Waals surface area contributed by atoms with Crippen LogP contribution in [0, 0.1) is 11.6 Å². The first-order valence-corrected chi connectivity index (χ1v) is 7.44. The van der Waals surface area contributed by atoms with E-state index in [0.29, 0.717) is 12.6 Å². The molecule has 0 saturated carbocycles. The van der Waals surface area contributed by atoms with Crippen LogP contribution >= 0.6 is 0 Å². The fourth-order valence-electron chi connectivity index (χ4n) is 2.95. The van der Waals surface area contributed by atoms with Gasteiger partial charge >= 0.3 is 0 Å². The van der Waals surface area contributed by atoms with Gasteiger partial charge in [0.05, 0.1) is 0 Å². The van der Waals surface area contributed by atoms with Gasteiger partial charge in [0.15, 0.2) is 5.78 Å². The largest absolute Gasteiger partial charge is 0.396 e. The maximum Gasteiger partial charge on any atom is 0.164 e. The summed E-state index contributed by atoms with van der Waals surface area (Å²) in [7, 11) is 0. The van der Waals surface area contributed by atoms with Crippen molar-refractivity contribution in [3.8, 4) is 0 Å². The summed E-state index contributed by atoms with van der Waals surface area (Å²) >= 11 is 0. The van der Waals surface area contributed by atoms with Crippen LogP contribution in [0.1, 0.15) is 42.5 Å². The lowest BCUT2D eigenvalue weighted by Gasteiger charge is -2.23. The van der Waals surface area contributed by atoms with Gasteiger partial charge in [0, 0.05) is 37.2 Å². The van der Waals surface area contributed by atoms with Crippen molar-refractivity contribution in [1.29, 1.82) is 0 Å². The molecule has 0 aromatic heterocycles. The van der Waals surface area contributed by atoms with Crippen LogP contribution in [0.15, 0.2) is 18.2 Å². The van der Waals surface area contributed by atoms with E-state index in [1.165, 1.54) is 0 Å². The summed E-state index contributed by atoms with van der Waals surface area (Å²) in [5.41, 5.74) is 0.0959. The number of ketones is 1. The third-order valence-corrected chi connectivity index (χ3v) is 4.01. The summed E-state index contributed by atoms with van der Waals surface area (Å²) in [5, 5.41) is 8.89. The summed E-state index contributed by atoms with van der Waals surface area (Å²) < 4.78 is 26.2. The lowest BCUT2D eigenvalue weighted by atomic mass is 10.1. The average Bonchev–Trinajstić information content (AvgIpc) is 2.88. The number of carbonyl (C=O) groups is 1. The van der Waals surface area contributed by atoms with Crippen molar-refractivity contribution in [2.45, 2.75) is 38.1 Å². The highest BCUT2D eigenvalue weighted by molar-refractivity contribution is 5.96. The van der Waals surface area contributed by atoms with Gasteiger partial charge in [-0.05, 0) is 44.4 Å². The Morgan fingerprint density at radius 1 is 1.29 bits per heavy atom. The second kappa shape index (κ2) is 7.61. The molecule has 0 radical (unpaired) electrons. The summed E-state index contributed by atoms with van der Waals surface area (Å²) in [5.74, 6) is -1.68. The predicted molar refractivity (Wildman–Crippen MR) is 76.2 cm³/mol. The number of likely N-dealkylation sites (tertiary alicyclic amines) is 1.